The fourth-order valence-corrected chi connectivity index (χ4v) is 4.23. The molecule has 0 aliphatic heterocycles. The zero-order chi connectivity index (χ0) is 20.1. The van der Waals surface area contributed by atoms with E-state index >= 15 is 0 Å². The summed E-state index contributed by atoms with van der Waals surface area (Å²) in [5, 5.41) is 2.81. The van der Waals surface area contributed by atoms with Crippen molar-refractivity contribution in [2.24, 2.45) is 0 Å². The van der Waals surface area contributed by atoms with Gasteiger partial charge in [-0.3, -0.25) is 4.79 Å². The number of carbonyl (C=O) groups is 1. The normalized spacial score (nSPS) is 12.4. The van der Waals surface area contributed by atoms with Crippen LogP contribution in [-0.2, 0) is 15.6 Å². The molecule has 0 aliphatic carbocycles. The summed E-state index contributed by atoms with van der Waals surface area (Å²) in [5.41, 5.74) is 1.52. The van der Waals surface area contributed by atoms with Gasteiger partial charge in [-0.1, -0.05) is 42.5 Å². The molecule has 3 rings (SSSR count). The second-order valence-corrected chi connectivity index (χ2v) is 8.51. The Balaban J connectivity index is 1.75. The Kier molecular flexibility index (Phi) is 5.90. The predicted octanol–water partition coefficient (Wildman–Crippen LogP) is 4.29. The van der Waals surface area contributed by atoms with E-state index in [0.29, 0.717) is 16.7 Å². The topological polar surface area (TPSA) is 63.2 Å². The number of amides is 1. The first-order valence-electron chi connectivity index (χ1n) is 8.78. The number of hydrogen-bond donors (Lipinski definition) is 1. The average molecular weight is 397 g/mol. The maximum atomic E-state index is 13.4. The molecule has 0 saturated carbocycles. The minimum Gasteiger partial charge on any atom is -0.346 e. The molecule has 0 spiro atoms. The number of benzene rings is 3. The highest BCUT2D eigenvalue weighted by atomic mass is 32.2. The van der Waals surface area contributed by atoms with E-state index in [-0.39, 0.29) is 28.4 Å². The lowest BCUT2D eigenvalue weighted by atomic mass is 10.1. The summed E-state index contributed by atoms with van der Waals surface area (Å²) in [5.74, 6) is -0.917. The van der Waals surface area contributed by atoms with Crippen LogP contribution in [0, 0.1) is 5.82 Å². The van der Waals surface area contributed by atoms with Crippen molar-refractivity contribution in [3.05, 3.63) is 101 Å². The van der Waals surface area contributed by atoms with Crippen molar-refractivity contribution in [2.75, 3.05) is 0 Å². The summed E-state index contributed by atoms with van der Waals surface area (Å²) < 4.78 is 38.5. The Labute approximate surface area is 164 Å². The number of rotatable bonds is 6. The van der Waals surface area contributed by atoms with Crippen molar-refractivity contribution >= 4 is 15.7 Å². The minimum atomic E-state index is -3.50. The van der Waals surface area contributed by atoms with Gasteiger partial charge >= 0.3 is 0 Å². The summed E-state index contributed by atoms with van der Waals surface area (Å²) >= 11 is 0. The van der Waals surface area contributed by atoms with Crippen LogP contribution in [0.4, 0.5) is 4.39 Å². The van der Waals surface area contributed by atoms with E-state index in [4.69, 9.17) is 0 Å². The van der Waals surface area contributed by atoms with Crippen LogP contribution in [0.15, 0.2) is 83.8 Å². The molecule has 1 unspecified atom stereocenters. The molecule has 6 heteroatoms. The molecule has 0 bridgehead atoms. The van der Waals surface area contributed by atoms with Crippen LogP contribution in [0.1, 0.15) is 34.5 Å². The molecule has 0 aromatic heterocycles. The molecule has 0 fully saturated rings. The fourth-order valence-electron chi connectivity index (χ4n) is 2.87. The predicted molar refractivity (Wildman–Crippen MR) is 106 cm³/mol. The van der Waals surface area contributed by atoms with Gasteiger partial charge in [-0.05, 0) is 54.4 Å². The van der Waals surface area contributed by atoms with Gasteiger partial charge in [0.1, 0.15) is 5.82 Å². The van der Waals surface area contributed by atoms with E-state index in [1.165, 1.54) is 12.1 Å². The van der Waals surface area contributed by atoms with Crippen molar-refractivity contribution in [2.45, 2.75) is 23.6 Å². The monoisotopic (exact) mass is 397 g/mol. The smallest absolute Gasteiger partial charge is 0.251 e. The van der Waals surface area contributed by atoms with Crippen molar-refractivity contribution < 1.29 is 17.6 Å². The van der Waals surface area contributed by atoms with Crippen LogP contribution >= 0.6 is 0 Å². The van der Waals surface area contributed by atoms with Crippen LogP contribution in [0.25, 0.3) is 0 Å². The average Bonchev–Trinajstić information content (AvgIpc) is 2.68. The zero-order valence-electron chi connectivity index (χ0n) is 15.3. The number of nitrogens with one attached hydrogen (secondary N) is 1. The second kappa shape index (κ2) is 8.35. The first-order valence-corrected chi connectivity index (χ1v) is 10.4. The highest BCUT2D eigenvalue weighted by Crippen LogP contribution is 2.18. The maximum absolute atomic E-state index is 13.4. The Morgan fingerprint density at radius 2 is 1.68 bits per heavy atom. The summed E-state index contributed by atoms with van der Waals surface area (Å²) in [6, 6.07) is 20.3. The van der Waals surface area contributed by atoms with Crippen molar-refractivity contribution in [3.63, 3.8) is 0 Å². The van der Waals surface area contributed by atoms with Gasteiger partial charge in [0.05, 0.1) is 16.7 Å². The lowest BCUT2D eigenvalue weighted by molar-refractivity contribution is 0.0939. The Hall–Kier alpha value is -2.99. The second-order valence-electron chi connectivity index (χ2n) is 6.52. The molecule has 144 valence electrons. The quantitative estimate of drug-likeness (QED) is 0.675. The number of sulfone groups is 1. The van der Waals surface area contributed by atoms with Gasteiger partial charge in [-0.15, -0.1) is 0 Å². The van der Waals surface area contributed by atoms with Crippen LogP contribution in [0.3, 0.4) is 0 Å². The van der Waals surface area contributed by atoms with Gasteiger partial charge < -0.3 is 5.32 Å². The summed E-state index contributed by atoms with van der Waals surface area (Å²) in [4.78, 5) is 12.8. The standard InChI is InChI=1S/C22H20FNO3S/c1-16(18-8-6-10-20(23)14-18)24-22(25)19-9-5-7-17(13-19)15-28(26,27)21-11-3-2-4-12-21/h2-14,16H,15H2,1H3,(H,24,25). The lowest BCUT2D eigenvalue weighted by Gasteiger charge is -2.15. The first kappa shape index (κ1) is 19.8. The molecule has 1 amide bonds. The van der Waals surface area contributed by atoms with Crippen molar-refractivity contribution in [1.29, 1.82) is 0 Å². The molecule has 0 radical (unpaired) electrons. The van der Waals surface area contributed by atoms with Crippen molar-refractivity contribution in [3.8, 4) is 0 Å². The highest BCUT2D eigenvalue weighted by molar-refractivity contribution is 7.90. The maximum Gasteiger partial charge on any atom is 0.251 e. The van der Waals surface area contributed by atoms with Gasteiger partial charge in [-0.2, -0.15) is 0 Å². The van der Waals surface area contributed by atoms with Gasteiger partial charge in [0, 0.05) is 5.56 Å². The molecule has 4 nitrogen and oxygen atoms in total. The van der Waals surface area contributed by atoms with E-state index < -0.39 is 9.84 Å². The number of carbonyl (C=O) groups excluding carboxylic acids is 1. The molecule has 3 aromatic rings. The Bertz CT molecular complexity index is 1080. The van der Waals surface area contributed by atoms with Crippen LogP contribution in [0.2, 0.25) is 0 Å². The molecule has 0 saturated heterocycles. The third-order valence-corrected chi connectivity index (χ3v) is 6.05. The third kappa shape index (κ3) is 4.84. The SMILES string of the molecule is CC(NC(=O)c1cccc(CS(=O)(=O)c2ccccc2)c1)c1cccc(F)c1. The van der Waals surface area contributed by atoms with E-state index in [1.54, 1.807) is 73.7 Å². The first-order chi connectivity index (χ1) is 13.3. The van der Waals surface area contributed by atoms with E-state index in [1.807, 2.05) is 0 Å². The minimum absolute atomic E-state index is 0.197. The van der Waals surface area contributed by atoms with E-state index in [9.17, 15) is 17.6 Å². The van der Waals surface area contributed by atoms with Gasteiger partial charge in [0.2, 0.25) is 0 Å². The molecular formula is C22H20FNO3S. The fraction of sp³-hybridized carbons (Fsp3) is 0.136. The molecule has 1 N–H and O–H groups in total. The molecule has 0 heterocycles. The van der Waals surface area contributed by atoms with E-state index in [2.05, 4.69) is 5.32 Å². The summed E-state index contributed by atoms with van der Waals surface area (Å²) in [7, 11) is -3.50. The molecular weight excluding hydrogens is 377 g/mol. The lowest BCUT2D eigenvalue weighted by Crippen LogP contribution is -2.26. The van der Waals surface area contributed by atoms with E-state index in [0.717, 1.165) is 0 Å². The van der Waals surface area contributed by atoms with Gasteiger partial charge in [-0.25, -0.2) is 12.8 Å². The Morgan fingerprint density at radius 1 is 0.964 bits per heavy atom. The Morgan fingerprint density at radius 3 is 2.39 bits per heavy atom. The largest absolute Gasteiger partial charge is 0.346 e. The third-order valence-electron chi connectivity index (χ3n) is 4.34. The van der Waals surface area contributed by atoms with Gasteiger partial charge in [0.25, 0.3) is 5.91 Å². The molecule has 1 atom stereocenters. The van der Waals surface area contributed by atoms with Gasteiger partial charge in [0.15, 0.2) is 9.84 Å². The highest BCUT2D eigenvalue weighted by Gasteiger charge is 2.17. The molecule has 3 aromatic carbocycles. The molecule has 28 heavy (non-hydrogen) atoms. The molecule has 0 aliphatic rings. The van der Waals surface area contributed by atoms with Crippen LogP contribution in [-0.4, -0.2) is 14.3 Å². The summed E-state index contributed by atoms with van der Waals surface area (Å²) in [6.45, 7) is 1.76. The van der Waals surface area contributed by atoms with Crippen LogP contribution in [0.5, 0.6) is 0 Å². The zero-order valence-corrected chi connectivity index (χ0v) is 16.1. The van der Waals surface area contributed by atoms with Crippen LogP contribution < -0.4 is 5.32 Å². The summed E-state index contributed by atoms with van der Waals surface area (Å²) in [6.07, 6.45) is 0. The number of halogens is 1. The van der Waals surface area contributed by atoms with Crippen molar-refractivity contribution in [1.82, 2.24) is 5.32 Å². The number of hydrogen-bond acceptors (Lipinski definition) is 3.